The molecule has 0 fully saturated rings. The highest BCUT2D eigenvalue weighted by molar-refractivity contribution is 7.16. The van der Waals surface area contributed by atoms with E-state index in [1.165, 1.54) is 25.6 Å². The number of methoxy groups -OCH3 is 2. The van der Waals surface area contributed by atoms with Crippen LogP contribution >= 0.6 is 22.9 Å². The minimum absolute atomic E-state index is 0.370. The summed E-state index contributed by atoms with van der Waals surface area (Å²) in [6.07, 6.45) is 0. The maximum Gasteiger partial charge on any atom is 0.279 e. The van der Waals surface area contributed by atoms with Crippen LogP contribution in [0.3, 0.4) is 0 Å². The average Bonchev–Trinajstić information content (AvgIpc) is 2.91. The summed E-state index contributed by atoms with van der Waals surface area (Å²) in [7, 11) is 4.91. The van der Waals surface area contributed by atoms with Crippen molar-refractivity contribution in [3.05, 3.63) is 51.8 Å². The molecule has 7 heteroatoms. The van der Waals surface area contributed by atoms with Crippen molar-refractivity contribution in [1.82, 2.24) is 4.57 Å². The summed E-state index contributed by atoms with van der Waals surface area (Å²) < 4.78 is 13.2. The average molecular weight is 363 g/mol. The molecule has 5 nitrogen and oxygen atoms in total. The van der Waals surface area contributed by atoms with Crippen molar-refractivity contribution in [3.63, 3.8) is 0 Å². The molecule has 1 amide bonds. The summed E-state index contributed by atoms with van der Waals surface area (Å²) in [5.74, 6) is 0.707. The lowest BCUT2D eigenvalue weighted by atomic mass is 10.2. The smallest absolute Gasteiger partial charge is 0.279 e. The van der Waals surface area contributed by atoms with Gasteiger partial charge in [0.05, 0.1) is 29.5 Å². The molecule has 1 aromatic heterocycles. The summed E-state index contributed by atoms with van der Waals surface area (Å²) in [4.78, 5) is 17.4. The van der Waals surface area contributed by atoms with Crippen LogP contribution in [0.15, 0.2) is 41.4 Å². The van der Waals surface area contributed by atoms with E-state index in [-0.39, 0.29) is 5.91 Å². The first kappa shape index (κ1) is 16.5. The lowest BCUT2D eigenvalue weighted by Crippen LogP contribution is -2.13. The molecule has 24 heavy (non-hydrogen) atoms. The Hall–Kier alpha value is -2.31. The van der Waals surface area contributed by atoms with Gasteiger partial charge in [-0.15, -0.1) is 0 Å². The van der Waals surface area contributed by atoms with Gasteiger partial charge in [0, 0.05) is 18.7 Å². The third-order valence-corrected chi connectivity index (χ3v) is 4.97. The van der Waals surface area contributed by atoms with E-state index in [4.69, 9.17) is 21.1 Å². The van der Waals surface area contributed by atoms with Gasteiger partial charge in [0.2, 0.25) is 0 Å². The molecule has 0 N–H and O–H groups in total. The van der Waals surface area contributed by atoms with E-state index in [1.54, 1.807) is 18.2 Å². The molecule has 124 valence electrons. The predicted molar refractivity (Wildman–Crippen MR) is 95.2 cm³/mol. The van der Waals surface area contributed by atoms with Crippen LogP contribution in [0, 0.1) is 0 Å². The van der Waals surface area contributed by atoms with Crippen molar-refractivity contribution >= 4 is 39.1 Å². The molecule has 0 bridgehead atoms. The van der Waals surface area contributed by atoms with Crippen LogP contribution in [-0.2, 0) is 7.05 Å². The van der Waals surface area contributed by atoms with Gasteiger partial charge in [0.25, 0.3) is 5.91 Å². The van der Waals surface area contributed by atoms with Gasteiger partial charge in [-0.3, -0.25) is 4.79 Å². The molecule has 0 unspecified atom stereocenters. The quantitative estimate of drug-likeness (QED) is 0.714. The molecule has 2 aromatic carbocycles. The Balaban J connectivity index is 2.11. The van der Waals surface area contributed by atoms with Gasteiger partial charge in [-0.25, -0.2) is 0 Å². The lowest BCUT2D eigenvalue weighted by molar-refractivity contribution is 0.0997. The minimum atomic E-state index is -0.370. The molecule has 0 radical (unpaired) electrons. The Kier molecular flexibility index (Phi) is 4.59. The number of halogens is 1. The van der Waals surface area contributed by atoms with E-state index in [1.807, 2.05) is 29.8 Å². The number of carbonyl (C=O) groups excluding carboxylic acids is 1. The number of aryl methyl sites for hydroxylation is 1. The van der Waals surface area contributed by atoms with Crippen molar-refractivity contribution in [3.8, 4) is 11.5 Å². The highest BCUT2D eigenvalue weighted by Gasteiger charge is 2.11. The fraction of sp³-hybridized carbons (Fsp3) is 0.176. The Morgan fingerprint density at radius 2 is 1.83 bits per heavy atom. The monoisotopic (exact) mass is 362 g/mol. The first-order valence-corrected chi connectivity index (χ1v) is 8.29. The molecule has 1 heterocycles. The summed E-state index contributed by atoms with van der Waals surface area (Å²) in [6.45, 7) is 0. The zero-order valence-electron chi connectivity index (χ0n) is 13.4. The zero-order chi connectivity index (χ0) is 17.3. The maximum absolute atomic E-state index is 12.5. The molecule has 3 aromatic rings. The molecule has 0 atom stereocenters. The van der Waals surface area contributed by atoms with Crippen molar-refractivity contribution in [2.24, 2.45) is 12.0 Å². The number of amides is 1. The summed E-state index contributed by atoms with van der Waals surface area (Å²) >= 11 is 7.64. The number of hydrogen-bond donors (Lipinski definition) is 0. The predicted octanol–water partition coefficient (Wildman–Crippen LogP) is 3.65. The van der Waals surface area contributed by atoms with Crippen LogP contribution in [0.4, 0.5) is 0 Å². The second-order valence-electron chi connectivity index (χ2n) is 5.05. The van der Waals surface area contributed by atoms with Gasteiger partial charge in [-0.05, 0) is 24.3 Å². The zero-order valence-corrected chi connectivity index (χ0v) is 14.9. The molecular formula is C17H15ClN2O3S. The highest BCUT2D eigenvalue weighted by atomic mass is 35.5. The maximum atomic E-state index is 12.5. The molecule has 0 saturated heterocycles. The van der Waals surface area contributed by atoms with Crippen molar-refractivity contribution in [1.29, 1.82) is 0 Å². The molecule has 0 aliphatic rings. The van der Waals surface area contributed by atoms with E-state index in [2.05, 4.69) is 4.99 Å². The first-order valence-electron chi connectivity index (χ1n) is 7.09. The number of ether oxygens (including phenoxy) is 2. The highest BCUT2D eigenvalue weighted by Crippen LogP contribution is 2.25. The third kappa shape index (κ3) is 3.02. The van der Waals surface area contributed by atoms with Gasteiger partial charge in [0.15, 0.2) is 4.80 Å². The van der Waals surface area contributed by atoms with Crippen molar-refractivity contribution in [2.45, 2.75) is 0 Å². The molecule has 0 spiro atoms. The van der Waals surface area contributed by atoms with Gasteiger partial charge < -0.3 is 14.0 Å². The van der Waals surface area contributed by atoms with Gasteiger partial charge in [-0.1, -0.05) is 29.0 Å². The molecule has 3 rings (SSSR count). The number of hydrogen-bond acceptors (Lipinski definition) is 4. The summed E-state index contributed by atoms with van der Waals surface area (Å²) in [5.41, 5.74) is 1.26. The summed E-state index contributed by atoms with van der Waals surface area (Å²) in [5, 5.41) is 0.628. The number of carbonyl (C=O) groups is 1. The number of rotatable bonds is 3. The van der Waals surface area contributed by atoms with E-state index >= 15 is 0 Å². The largest absolute Gasteiger partial charge is 0.497 e. The van der Waals surface area contributed by atoms with Crippen LogP contribution in [0.1, 0.15) is 10.4 Å². The number of para-hydroxylation sites is 1. The van der Waals surface area contributed by atoms with Gasteiger partial charge in [0.1, 0.15) is 11.5 Å². The second-order valence-corrected chi connectivity index (χ2v) is 6.46. The number of benzene rings is 2. The van der Waals surface area contributed by atoms with E-state index < -0.39 is 0 Å². The Bertz CT molecular complexity index is 969. The van der Waals surface area contributed by atoms with E-state index in [0.29, 0.717) is 26.9 Å². The lowest BCUT2D eigenvalue weighted by Gasteiger charge is -2.06. The molecule has 0 aliphatic carbocycles. The Labute approximate surface area is 147 Å². The van der Waals surface area contributed by atoms with Crippen LogP contribution in [-0.4, -0.2) is 24.7 Å². The van der Waals surface area contributed by atoms with Crippen LogP contribution < -0.4 is 14.3 Å². The Morgan fingerprint density at radius 1 is 1.17 bits per heavy atom. The number of fused-ring (bicyclic) bond motifs is 1. The molecule has 0 aliphatic heterocycles. The normalized spacial score (nSPS) is 11.8. The van der Waals surface area contributed by atoms with Crippen LogP contribution in [0.5, 0.6) is 11.5 Å². The SMILES string of the molecule is COc1cc(OC)cc(C(=O)N=c2sc3cccc(Cl)c3n2C)c1. The Morgan fingerprint density at radius 3 is 2.42 bits per heavy atom. The fourth-order valence-electron chi connectivity index (χ4n) is 2.35. The topological polar surface area (TPSA) is 52.8 Å². The molecule has 0 saturated carbocycles. The third-order valence-electron chi connectivity index (χ3n) is 3.57. The van der Waals surface area contributed by atoms with Gasteiger partial charge >= 0.3 is 0 Å². The van der Waals surface area contributed by atoms with Gasteiger partial charge in [-0.2, -0.15) is 4.99 Å². The summed E-state index contributed by atoms with van der Waals surface area (Å²) in [6, 6.07) is 10.6. The van der Waals surface area contributed by atoms with Crippen molar-refractivity contribution < 1.29 is 14.3 Å². The van der Waals surface area contributed by atoms with Crippen LogP contribution in [0.2, 0.25) is 5.02 Å². The number of thiazole rings is 1. The standard InChI is InChI=1S/C17H15ClN2O3S/c1-20-15-13(18)5-4-6-14(15)24-17(20)19-16(21)10-7-11(22-2)9-12(8-10)23-3/h4-9H,1-3H3. The van der Waals surface area contributed by atoms with E-state index in [9.17, 15) is 4.79 Å². The molecular weight excluding hydrogens is 348 g/mol. The van der Waals surface area contributed by atoms with Crippen molar-refractivity contribution in [2.75, 3.05) is 14.2 Å². The van der Waals surface area contributed by atoms with E-state index in [0.717, 1.165) is 10.2 Å². The number of nitrogens with zero attached hydrogens (tertiary/aromatic N) is 2. The second kappa shape index (κ2) is 6.67. The number of aromatic nitrogens is 1. The fourth-order valence-corrected chi connectivity index (χ4v) is 3.75. The first-order chi connectivity index (χ1) is 11.5. The minimum Gasteiger partial charge on any atom is -0.497 e. The van der Waals surface area contributed by atoms with Crippen LogP contribution in [0.25, 0.3) is 10.2 Å².